The molecule has 0 N–H and O–H groups in total. The SMILES string of the molecule is COc1cc(C#N)cc(Oc2ccc(Br)cc2CBr)c1. The molecule has 0 atom stereocenters. The second-order valence-corrected chi connectivity index (χ2v) is 5.47. The molecule has 5 heteroatoms. The molecule has 0 aliphatic heterocycles. The molecule has 0 unspecified atom stereocenters. The topological polar surface area (TPSA) is 42.2 Å². The van der Waals surface area contributed by atoms with Gasteiger partial charge in [-0.1, -0.05) is 31.9 Å². The highest BCUT2D eigenvalue weighted by molar-refractivity contribution is 9.10. The van der Waals surface area contributed by atoms with Gasteiger partial charge in [0, 0.05) is 21.4 Å². The van der Waals surface area contributed by atoms with Crippen LogP contribution in [0.15, 0.2) is 40.9 Å². The van der Waals surface area contributed by atoms with Gasteiger partial charge in [0.2, 0.25) is 0 Å². The summed E-state index contributed by atoms with van der Waals surface area (Å²) in [6, 6.07) is 13.0. The second-order valence-electron chi connectivity index (χ2n) is 4.00. The van der Waals surface area contributed by atoms with E-state index in [4.69, 9.17) is 14.7 Å². The molecule has 0 bridgehead atoms. The highest BCUT2D eigenvalue weighted by atomic mass is 79.9. The summed E-state index contributed by atoms with van der Waals surface area (Å²) in [5.41, 5.74) is 1.51. The average molecular weight is 397 g/mol. The number of rotatable bonds is 4. The van der Waals surface area contributed by atoms with E-state index in [9.17, 15) is 0 Å². The van der Waals surface area contributed by atoms with Crippen molar-refractivity contribution in [2.45, 2.75) is 5.33 Å². The molecule has 20 heavy (non-hydrogen) atoms. The molecule has 0 saturated heterocycles. The number of nitrogens with zero attached hydrogens (tertiary/aromatic N) is 1. The first kappa shape index (κ1) is 14.9. The maximum atomic E-state index is 9.01. The summed E-state index contributed by atoms with van der Waals surface area (Å²) in [5.74, 6) is 1.91. The zero-order valence-electron chi connectivity index (χ0n) is 10.7. The highest BCUT2D eigenvalue weighted by Crippen LogP contribution is 2.31. The number of halogens is 2. The first-order valence-electron chi connectivity index (χ1n) is 5.77. The lowest BCUT2D eigenvalue weighted by molar-refractivity contribution is 0.408. The van der Waals surface area contributed by atoms with E-state index >= 15 is 0 Å². The van der Waals surface area contributed by atoms with E-state index < -0.39 is 0 Å². The van der Waals surface area contributed by atoms with Crippen LogP contribution in [0.1, 0.15) is 11.1 Å². The second kappa shape index (κ2) is 6.78. The standard InChI is InChI=1S/C15H11Br2NO2/c1-19-13-4-10(9-18)5-14(7-13)20-15-3-2-12(17)6-11(15)8-16/h2-7H,8H2,1H3. The number of alkyl halides is 1. The van der Waals surface area contributed by atoms with Crippen molar-refractivity contribution >= 4 is 31.9 Å². The Hall–Kier alpha value is -1.51. The van der Waals surface area contributed by atoms with Gasteiger partial charge in [-0.15, -0.1) is 0 Å². The van der Waals surface area contributed by atoms with E-state index in [2.05, 4.69) is 37.9 Å². The van der Waals surface area contributed by atoms with E-state index in [0.29, 0.717) is 22.4 Å². The van der Waals surface area contributed by atoms with E-state index in [1.54, 1.807) is 25.3 Å². The number of methoxy groups -OCH3 is 1. The molecule has 0 aliphatic carbocycles. The van der Waals surface area contributed by atoms with Crippen LogP contribution in [0.2, 0.25) is 0 Å². The van der Waals surface area contributed by atoms with Gasteiger partial charge in [0.25, 0.3) is 0 Å². The van der Waals surface area contributed by atoms with Gasteiger partial charge < -0.3 is 9.47 Å². The van der Waals surface area contributed by atoms with E-state index in [0.717, 1.165) is 15.8 Å². The minimum absolute atomic E-state index is 0.497. The van der Waals surface area contributed by atoms with Crippen LogP contribution in [-0.4, -0.2) is 7.11 Å². The van der Waals surface area contributed by atoms with Crippen molar-refractivity contribution in [2.75, 3.05) is 7.11 Å². The lowest BCUT2D eigenvalue weighted by Crippen LogP contribution is -1.92. The fourth-order valence-corrected chi connectivity index (χ4v) is 2.54. The first-order valence-corrected chi connectivity index (χ1v) is 7.69. The lowest BCUT2D eigenvalue weighted by Gasteiger charge is -2.11. The summed E-state index contributed by atoms with van der Waals surface area (Å²) in [7, 11) is 1.56. The van der Waals surface area contributed by atoms with Crippen LogP contribution in [0.25, 0.3) is 0 Å². The molecule has 0 aromatic heterocycles. The Balaban J connectivity index is 2.37. The summed E-state index contributed by atoms with van der Waals surface area (Å²) in [6.07, 6.45) is 0. The van der Waals surface area contributed by atoms with Crippen molar-refractivity contribution in [3.63, 3.8) is 0 Å². The van der Waals surface area contributed by atoms with Crippen LogP contribution in [0.5, 0.6) is 17.2 Å². The minimum Gasteiger partial charge on any atom is -0.497 e. The molecule has 2 aromatic rings. The first-order chi connectivity index (χ1) is 9.66. The van der Waals surface area contributed by atoms with E-state index in [1.807, 2.05) is 18.2 Å². The molecule has 0 amide bonds. The van der Waals surface area contributed by atoms with Crippen LogP contribution in [0.4, 0.5) is 0 Å². The fraction of sp³-hybridized carbons (Fsp3) is 0.133. The Morgan fingerprint density at radius 3 is 2.55 bits per heavy atom. The summed E-state index contributed by atoms with van der Waals surface area (Å²) in [4.78, 5) is 0. The molecule has 0 heterocycles. The highest BCUT2D eigenvalue weighted by Gasteiger charge is 2.07. The van der Waals surface area contributed by atoms with Gasteiger partial charge in [0.15, 0.2) is 0 Å². The molecule has 3 nitrogen and oxygen atoms in total. The van der Waals surface area contributed by atoms with E-state index in [-0.39, 0.29) is 0 Å². The Bertz CT molecular complexity index is 665. The predicted molar refractivity (Wildman–Crippen MR) is 84.6 cm³/mol. The zero-order chi connectivity index (χ0) is 14.5. The third-order valence-corrected chi connectivity index (χ3v) is 3.74. The molecule has 0 aliphatic rings. The number of hydrogen-bond donors (Lipinski definition) is 0. The van der Waals surface area contributed by atoms with Crippen molar-refractivity contribution < 1.29 is 9.47 Å². The molecule has 2 rings (SSSR count). The maximum Gasteiger partial charge on any atom is 0.132 e. The average Bonchev–Trinajstić information content (AvgIpc) is 2.48. The Kier molecular flexibility index (Phi) is 5.05. The van der Waals surface area contributed by atoms with Crippen LogP contribution >= 0.6 is 31.9 Å². The number of ether oxygens (including phenoxy) is 2. The van der Waals surface area contributed by atoms with Gasteiger partial charge in [-0.05, 0) is 30.3 Å². The minimum atomic E-state index is 0.497. The summed E-state index contributed by atoms with van der Waals surface area (Å²) < 4.78 is 12.0. The molecule has 0 radical (unpaired) electrons. The third-order valence-electron chi connectivity index (χ3n) is 2.64. The van der Waals surface area contributed by atoms with Gasteiger partial charge in [-0.2, -0.15) is 5.26 Å². The largest absolute Gasteiger partial charge is 0.497 e. The Morgan fingerprint density at radius 2 is 1.90 bits per heavy atom. The van der Waals surface area contributed by atoms with Crippen molar-refractivity contribution in [3.8, 4) is 23.3 Å². The molecule has 0 spiro atoms. The normalized spacial score (nSPS) is 9.90. The molecule has 0 fully saturated rings. The van der Waals surface area contributed by atoms with Crippen molar-refractivity contribution in [1.82, 2.24) is 0 Å². The number of benzene rings is 2. The maximum absolute atomic E-state index is 9.01. The Labute approximate surface area is 134 Å². The molecule has 0 saturated carbocycles. The quantitative estimate of drug-likeness (QED) is 0.681. The van der Waals surface area contributed by atoms with Crippen molar-refractivity contribution in [2.24, 2.45) is 0 Å². The predicted octanol–water partition coefficient (Wildman–Crippen LogP) is 5.02. The van der Waals surface area contributed by atoms with Crippen molar-refractivity contribution in [3.05, 3.63) is 52.0 Å². The third kappa shape index (κ3) is 3.53. The zero-order valence-corrected chi connectivity index (χ0v) is 13.9. The summed E-state index contributed by atoms with van der Waals surface area (Å²) >= 11 is 6.86. The van der Waals surface area contributed by atoms with Gasteiger partial charge in [0.05, 0.1) is 18.7 Å². The molecule has 102 valence electrons. The molecular formula is C15H11Br2NO2. The fourth-order valence-electron chi connectivity index (χ4n) is 1.69. The van der Waals surface area contributed by atoms with Gasteiger partial charge in [-0.25, -0.2) is 0 Å². The summed E-state index contributed by atoms with van der Waals surface area (Å²) in [6.45, 7) is 0. The van der Waals surface area contributed by atoms with Crippen LogP contribution in [-0.2, 0) is 5.33 Å². The van der Waals surface area contributed by atoms with Crippen LogP contribution in [0, 0.1) is 11.3 Å². The summed E-state index contributed by atoms with van der Waals surface area (Å²) in [5, 5.41) is 9.69. The van der Waals surface area contributed by atoms with Crippen LogP contribution < -0.4 is 9.47 Å². The Morgan fingerprint density at radius 1 is 1.15 bits per heavy atom. The van der Waals surface area contributed by atoms with Gasteiger partial charge in [0.1, 0.15) is 17.2 Å². The molecule has 2 aromatic carbocycles. The smallest absolute Gasteiger partial charge is 0.132 e. The van der Waals surface area contributed by atoms with Crippen LogP contribution in [0.3, 0.4) is 0 Å². The lowest BCUT2D eigenvalue weighted by atomic mass is 10.2. The van der Waals surface area contributed by atoms with Gasteiger partial charge in [-0.3, -0.25) is 0 Å². The van der Waals surface area contributed by atoms with E-state index in [1.165, 1.54) is 0 Å². The number of nitriles is 1. The monoisotopic (exact) mass is 395 g/mol. The number of hydrogen-bond acceptors (Lipinski definition) is 3. The molecular weight excluding hydrogens is 386 g/mol. The van der Waals surface area contributed by atoms with Gasteiger partial charge >= 0.3 is 0 Å². The van der Waals surface area contributed by atoms with Crippen molar-refractivity contribution in [1.29, 1.82) is 5.26 Å².